The topological polar surface area (TPSA) is 39.5 Å². The van der Waals surface area contributed by atoms with Crippen molar-refractivity contribution in [3.8, 4) is 0 Å². The molecule has 1 aromatic carbocycles. The van der Waals surface area contributed by atoms with Gasteiger partial charge >= 0.3 is 0 Å². The van der Waals surface area contributed by atoms with E-state index >= 15 is 0 Å². The van der Waals surface area contributed by atoms with Crippen molar-refractivity contribution < 1.29 is 0 Å². The Bertz CT molecular complexity index is 493. The highest BCUT2D eigenvalue weighted by Crippen LogP contribution is 2.34. The second-order valence-corrected chi connectivity index (χ2v) is 5.10. The molecular formula is C12H13N3S. The lowest BCUT2D eigenvalue weighted by molar-refractivity contribution is 0.551. The first kappa shape index (κ1) is 9.90. The molecule has 0 amide bonds. The van der Waals surface area contributed by atoms with Crippen LogP contribution in [0.1, 0.15) is 17.5 Å². The minimum atomic E-state index is 0.608. The lowest BCUT2D eigenvalue weighted by Gasteiger charge is -2.34. The van der Waals surface area contributed by atoms with Crippen molar-refractivity contribution in [1.82, 2.24) is 4.90 Å². The summed E-state index contributed by atoms with van der Waals surface area (Å²) in [6, 6.07) is 6.24. The molecule has 0 aromatic heterocycles. The third-order valence-electron chi connectivity index (χ3n) is 2.97. The number of aliphatic imine (C=N–C) groups is 1. The van der Waals surface area contributed by atoms with Gasteiger partial charge in [-0.1, -0.05) is 23.9 Å². The predicted molar refractivity (Wildman–Crippen MR) is 67.5 cm³/mol. The fraction of sp³-hybridized carbons (Fsp3) is 0.333. The number of fused-ring (bicyclic) bond motifs is 3. The molecule has 0 aliphatic carbocycles. The van der Waals surface area contributed by atoms with E-state index in [4.69, 9.17) is 5.41 Å². The zero-order valence-corrected chi connectivity index (χ0v) is 9.97. The summed E-state index contributed by atoms with van der Waals surface area (Å²) in [5.74, 6) is 1.00. The average molecular weight is 231 g/mol. The summed E-state index contributed by atoms with van der Waals surface area (Å²) >= 11 is 1.54. The Kier molecular flexibility index (Phi) is 2.24. The van der Waals surface area contributed by atoms with Gasteiger partial charge in [-0.05, 0) is 25.0 Å². The zero-order valence-electron chi connectivity index (χ0n) is 9.16. The lowest BCUT2D eigenvalue weighted by Crippen LogP contribution is -2.42. The van der Waals surface area contributed by atoms with Crippen LogP contribution in [0.5, 0.6) is 0 Å². The summed E-state index contributed by atoms with van der Waals surface area (Å²) < 4.78 is 0. The molecule has 2 heterocycles. The number of amidine groups is 2. The van der Waals surface area contributed by atoms with Gasteiger partial charge in [0.2, 0.25) is 0 Å². The van der Waals surface area contributed by atoms with Gasteiger partial charge in [0.05, 0.1) is 0 Å². The van der Waals surface area contributed by atoms with Gasteiger partial charge < -0.3 is 4.90 Å². The number of nitrogens with one attached hydrogen (secondary N) is 1. The highest BCUT2D eigenvalue weighted by Gasteiger charge is 2.29. The number of hydrogen-bond acceptors (Lipinski definition) is 3. The Morgan fingerprint density at radius 3 is 3.19 bits per heavy atom. The van der Waals surface area contributed by atoms with Crippen LogP contribution in [0.2, 0.25) is 0 Å². The lowest BCUT2D eigenvalue weighted by atomic mass is 10.1. The average Bonchev–Trinajstić information content (AvgIpc) is 2.29. The molecule has 0 unspecified atom stereocenters. The zero-order chi connectivity index (χ0) is 11.1. The van der Waals surface area contributed by atoms with Crippen molar-refractivity contribution in [2.45, 2.75) is 18.2 Å². The third kappa shape index (κ3) is 1.37. The van der Waals surface area contributed by atoms with Crippen molar-refractivity contribution in [2.75, 3.05) is 13.1 Å². The van der Waals surface area contributed by atoms with E-state index < -0.39 is 0 Å². The van der Waals surface area contributed by atoms with Crippen LogP contribution in [0, 0.1) is 12.3 Å². The Balaban J connectivity index is 2.22. The predicted octanol–water partition coefficient (Wildman–Crippen LogP) is 2.49. The van der Waals surface area contributed by atoms with E-state index in [1.54, 1.807) is 11.8 Å². The Hall–Kier alpha value is -1.29. The molecule has 3 rings (SSSR count). The van der Waals surface area contributed by atoms with Crippen LogP contribution in [0.25, 0.3) is 0 Å². The quantitative estimate of drug-likeness (QED) is 0.745. The molecule has 4 heteroatoms. The summed E-state index contributed by atoms with van der Waals surface area (Å²) in [7, 11) is 0. The largest absolute Gasteiger partial charge is 0.305 e. The van der Waals surface area contributed by atoms with Gasteiger partial charge in [-0.2, -0.15) is 0 Å². The number of aryl methyl sites for hydroxylation is 1. The summed E-state index contributed by atoms with van der Waals surface area (Å²) in [4.78, 5) is 7.79. The Morgan fingerprint density at radius 2 is 2.31 bits per heavy atom. The van der Waals surface area contributed by atoms with Gasteiger partial charge in [-0.15, -0.1) is 0 Å². The summed E-state index contributed by atoms with van der Waals surface area (Å²) in [5, 5.41) is 8.63. The van der Waals surface area contributed by atoms with Crippen LogP contribution in [-0.2, 0) is 0 Å². The molecule has 0 fully saturated rings. The van der Waals surface area contributed by atoms with Crippen LogP contribution in [0.3, 0.4) is 0 Å². The maximum Gasteiger partial charge on any atom is 0.166 e. The van der Waals surface area contributed by atoms with Gasteiger partial charge in [0.15, 0.2) is 5.17 Å². The Labute approximate surface area is 99.1 Å². The summed E-state index contributed by atoms with van der Waals surface area (Å²) in [6.07, 6.45) is 1.05. The van der Waals surface area contributed by atoms with E-state index in [1.165, 1.54) is 16.0 Å². The molecule has 2 aliphatic heterocycles. The Morgan fingerprint density at radius 1 is 1.44 bits per heavy atom. The van der Waals surface area contributed by atoms with Gasteiger partial charge in [0.1, 0.15) is 5.84 Å². The number of hydrogen-bond donors (Lipinski definition) is 1. The van der Waals surface area contributed by atoms with E-state index in [2.05, 4.69) is 24.0 Å². The molecule has 0 radical (unpaired) electrons. The number of nitrogens with zero attached hydrogens (tertiary/aromatic N) is 2. The SMILES string of the molecule is Cc1cccc2c1C1=NCCCN1C(=N)S2. The summed E-state index contributed by atoms with van der Waals surface area (Å²) in [5.41, 5.74) is 2.48. The molecule has 0 saturated carbocycles. The monoisotopic (exact) mass is 231 g/mol. The first-order valence-electron chi connectivity index (χ1n) is 5.46. The number of thioether (sulfide) groups is 1. The first-order chi connectivity index (χ1) is 7.77. The van der Waals surface area contributed by atoms with Gasteiger partial charge in [0, 0.05) is 23.5 Å². The third-order valence-corrected chi connectivity index (χ3v) is 3.94. The standard InChI is InChI=1S/C12H13N3S/c1-8-4-2-5-9-10(8)11-14-6-3-7-15(11)12(13)16-9/h2,4-5,13H,3,6-7H2,1H3. The first-order valence-corrected chi connectivity index (χ1v) is 6.27. The van der Waals surface area contributed by atoms with Crippen LogP contribution < -0.4 is 0 Å². The van der Waals surface area contributed by atoms with Crippen molar-refractivity contribution in [3.63, 3.8) is 0 Å². The maximum absolute atomic E-state index is 8.02. The van der Waals surface area contributed by atoms with E-state index in [0.29, 0.717) is 5.17 Å². The van der Waals surface area contributed by atoms with Gasteiger partial charge in [0.25, 0.3) is 0 Å². The van der Waals surface area contributed by atoms with Crippen molar-refractivity contribution in [3.05, 3.63) is 29.3 Å². The highest BCUT2D eigenvalue weighted by atomic mass is 32.2. The van der Waals surface area contributed by atoms with Gasteiger partial charge in [-0.25, -0.2) is 0 Å². The molecule has 0 atom stereocenters. The molecule has 16 heavy (non-hydrogen) atoms. The molecule has 1 aromatic rings. The molecule has 1 N–H and O–H groups in total. The highest BCUT2D eigenvalue weighted by molar-refractivity contribution is 8.14. The second kappa shape index (κ2) is 3.63. The van der Waals surface area contributed by atoms with E-state index in [0.717, 1.165) is 25.3 Å². The second-order valence-electron chi connectivity index (χ2n) is 4.07. The van der Waals surface area contributed by atoms with E-state index in [1.807, 2.05) is 11.0 Å². The molecule has 2 aliphatic rings. The van der Waals surface area contributed by atoms with Gasteiger partial charge in [-0.3, -0.25) is 10.4 Å². The molecule has 0 bridgehead atoms. The van der Waals surface area contributed by atoms with Crippen LogP contribution in [0.4, 0.5) is 0 Å². The number of rotatable bonds is 0. The fourth-order valence-corrected chi connectivity index (χ4v) is 3.19. The van der Waals surface area contributed by atoms with E-state index in [9.17, 15) is 0 Å². The molecular weight excluding hydrogens is 218 g/mol. The maximum atomic E-state index is 8.02. The molecule has 82 valence electrons. The molecule has 0 spiro atoms. The minimum Gasteiger partial charge on any atom is -0.305 e. The fourth-order valence-electron chi connectivity index (χ4n) is 2.19. The molecule has 0 saturated heterocycles. The normalized spacial score (nSPS) is 18.9. The van der Waals surface area contributed by atoms with Crippen molar-refractivity contribution >= 4 is 22.8 Å². The van der Waals surface area contributed by atoms with Crippen molar-refractivity contribution in [1.29, 1.82) is 5.41 Å². The van der Waals surface area contributed by atoms with E-state index in [-0.39, 0.29) is 0 Å². The van der Waals surface area contributed by atoms with Crippen LogP contribution >= 0.6 is 11.8 Å². The summed E-state index contributed by atoms with van der Waals surface area (Å²) in [6.45, 7) is 3.93. The van der Waals surface area contributed by atoms with Crippen LogP contribution in [0.15, 0.2) is 28.1 Å². The smallest absolute Gasteiger partial charge is 0.166 e. The van der Waals surface area contributed by atoms with Crippen LogP contribution in [-0.4, -0.2) is 29.0 Å². The minimum absolute atomic E-state index is 0.608. The molecule has 3 nitrogen and oxygen atoms in total. The van der Waals surface area contributed by atoms with Crippen molar-refractivity contribution in [2.24, 2.45) is 4.99 Å². The number of benzene rings is 1.